The first-order chi connectivity index (χ1) is 22.0. The molecular weight excluding hydrogens is 670 g/mol. The Kier molecular flexibility index (Phi) is 11.8. The van der Waals surface area contributed by atoms with Gasteiger partial charge in [-0.2, -0.15) is 0 Å². The number of sulfonamides is 1. The molecule has 2 amide bonds. The van der Waals surface area contributed by atoms with Crippen molar-refractivity contribution in [1.29, 1.82) is 0 Å². The zero-order valence-corrected chi connectivity index (χ0v) is 28.6. The van der Waals surface area contributed by atoms with Crippen molar-refractivity contribution in [2.75, 3.05) is 25.1 Å². The fourth-order valence-corrected chi connectivity index (χ4v) is 6.86. The maximum atomic E-state index is 14.6. The molecule has 0 heterocycles. The van der Waals surface area contributed by atoms with Gasteiger partial charge in [-0.25, -0.2) is 8.42 Å². The lowest BCUT2D eigenvalue weighted by Gasteiger charge is -2.34. The predicted molar refractivity (Wildman–Crippen MR) is 182 cm³/mol. The van der Waals surface area contributed by atoms with E-state index >= 15 is 0 Å². The number of anilines is 1. The molecule has 0 saturated heterocycles. The lowest BCUT2D eigenvalue weighted by Crippen LogP contribution is -2.54. The molecule has 0 spiro atoms. The standard InChI is InChI=1S/C35H38BrN3O6S/c1-25(2)37-35(41)32(22-26-11-6-5-7-12-26)38(23-27-13-10-14-28(36)21-27)34(40)24-39(31-15-8-9-16-33(31)45-4)46(42,43)30-19-17-29(44-3)18-20-30/h5-21,25,32H,22-24H2,1-4H3,(H,37,41)/t32-/m1/s1. The van der Waals surface area contributed by atoms with Gasteiger partial charge in [0, 0.05) is 23.5 Å². The molecule has 4 aromatic carbocycles. The molecule has 0 radical (unpaired) electrons. The number of ether oxygens (including phenoxy) is 2. The van der Waals surface area contributed by atoms with Crippen molar-refractivity contribution >= 4 is 43.5 Å². The molecule has 0 bridgehead atoms. The highest BCUT2D eigenvalue weighted by molar-refractivity contribution is 9.10. The zero-order valence-electron chi connectivity index (χ0n) is 26.2. The number of amides is 2. The molecule has 1 atom stereocenters. The van der Waals surface area contributed by atoms with E-state index in [1.807, 2.05) is 68.4 Å². The molecule has 0 saturated carbocycles. The molecule has 0 aromatic heterocycles. The van der Waals surface area contributed by atoms with Crippen molar-refractivity contribution in [3.63, 3.8) is 0 Å². The quantitative estimate of drug-likeness (QED) is 0.177. The third-order valence-corrected chi connectivity index (χ3v) is 9.49. The van der Waals surface area contributed by atoms with Crippen molar-refractivity contribution in [3.05, 3.63) is 119 Å². The van der Waals surface area contributed by atoms with Crippen LogP contribution in [0.2, 0.25) is 0 Å². The topological polar surface area (TPSA) is 105 Å². The lowest BCUT2D eigenvalue weighted by atomic mass is 10.0. The van der Waals surface area contributed by atoms with Gasteiger partial charge in [0.1, 0.15) is 24.1 Å². The van der Waals surface area contributed by atoms with E-state index in [0.717, 1.165) is 19.9 Å². The number of hydrogen-bond donors (Lipinski definition) is 1. The van der Waals surface area contributed by atoms with Gasteiger partial charge >= 0.3 is 0 Å². The molecule has 0 aliphatic heterocycles. The first-order valence-electron chi connectivity index (χ1n) is 14.7. The second-order valence-corrected chi connectivity index (χ2v) is 13.7. The third kappa shape index (κ3) is 8.67. The van der Waals surface area contributed by atoms with E-state index in [1.54, 1.807) is 36.4 Å². The third-order valence-electron chi connectivity index (χ3n) is 7.22. The van der Waals surface area contributed by atoms with Crippen LogP contribution in [-0.2, 0) is 32.6 Å². The fraction of sp³-hybridized carbons (Fsp3) is 0.257. The van der Waals surface area contributed by atoms with Gasteiger partial charge in [0.25, 0.3) is 10.0 Å². The number of para-hydroxylation sites is 2. The van der Waals surface area contributed by atoms with Gasteiger partial charge < -0.3 is 19.7 Å². The fourth-order valence-electron chi connectivity index (χ4n) is 4.99. The van der Waals surface area contributed by atoms with Crippen molar-refractivity contribution in [3.8, 4) is 11.5 Å². The highest BCUT2D eigenvalue weighted by Gasteiger charge is 2.35. The molecule has 11 heteroatoms. The minimum atomic E-state index is -4.30. The molecule has 1 N–H and O–H groups in total. The van der Waals surface area contributed by atoms with E-state index in [1.165, 1.54) is 31.3 Å². The molecule has 46 heavy (non-hydrogen) atoms. The number of benzene rings is 4. The highest BCUT2D eigenvalue weighted by Crippen LogP contribution is 2.33. The number of nitrogens with one attached hydrogen (secondary N) is 1. The molecule has 0 unspecified atom stereocenters. The number of carbonyl (C=O) groups excluding carboxylic acids is 2. The summed E-state index contributed by atoms with van der Waals surface area (Å²) in [5.41, 5.74) is 1.80. The molecule has 0 aliphatic rings. The first-order valence-corrected chi connectivity index (χ1v) is 16.9. The van der Waals surface area contributed by atoms with Crippen LogP contribution in [0.25, 0.3) is 0 Å². The summed E-state index contributed by atoms with van der Waals surface area (Å²) in [5, 5.41) is 2.96. The van der Waals surface area contributed by atoms with E-state index in [-0.39, 0.29) is 41.2 Å². The summed E-state index contributed by atoms with van der Waals surface area (Å²) < 4.78 is 41.1. The van der Waals surface area contributed by atoms with Gasteiger partial charge in [-0.3, -0.25) is 13.9 Å². The second kappa shape index (κ2) is 15.8. The Morgan fingerprint density at radius 3 is 2.11 bits per heavy atom. The number of carbonyl (C=O) groups is 2. The van der Waals surface area contributed by atoms with Crippen molar-refractivity contribution in [1.82, 2.24) is 10.2 Å². The maximum absolute atomic E-state index is 14.6. The van der Waals surface area contributed by atoms with E-state index in [2.05, 4.69) is 21.2 Å². The molecular formula is C35H38BrN3O6S. The van der Waals surface area contributed by atoms with Gasteiger partial charge in [-0.1, -0.05) is 70.5 Å². The molecule has 9 nitrogen and oxygen atoms in total. The van der Waals surface area contributed by atoms with Gasteiger partial charge in [0.05, 0.1) is 24.8 Å². The van der Waals surface area contributed by atoms with Crippen molar-refractivity contribution < 1.29 is 27.5 Å². The highest BCUT2D eigenvalue weighted by atomic mass is 79.9. The summed E-state index contributed by atoms with van der Waals surface area (Å²) in [7, 11) is -1.38. The minimum Gasteiger partial charge on any atom is -0.497 e. The average Bonchev–Trinajstić information content (AvgIpc) is 3.05. The second-order valence-electron chi connectivity index (χ2n) is 10.9. The van der Waals surface area contributed by atoms with Gasteiger partial charge in [-0.15, -0.1) is 0 Å². The van der Waals surface area contributed by atoms with Crippen LogP contribution in [0, 0.1) is 0 Å². The average molecular weight is 709 g/mol. The number of nitrogens with zero attached hydrogens (tertiary/aromatic N) is 2. The summed E-state index contributed by atoms with van der Waals surface area (Å²) in [6.07, 6.45) is 0.221. The minimum absolute atomic E-state index is 0.0380. The monoisotopic (exact) mass is 707 g/mol. The van der Waals surface area contributed by atoms with Crippen LogP contribution in [0.5, 0.6) is 11.5 Å². The van der Waals surface area contributed by atoms with Gasteiger partial charge in [-0.05, 0) is 73.5 Å². The number of rotatable bonds is 14. The van der Waals surface area contributed by atoms with Crippen LogP contribution in [0.4, 0.5) is 5.69 Å². The molecule has 242 valence electrons. The van der Waals surface area contributed by atoms with Gasteiger partial charge in [0.2, 0.25) is 11.8 Å². The Hall–Kier alpha value is -4.35. The number of hydrogen-bond acceptors (Lipinski definition) is 6. The van der Waals surface area contributed by atoms with Crippen LogP contribution in [-0.4, -0.2) is 58.0 Å². The smallest absolute Gasteiger partial charge is 0.264 e. The van der Waals surface area contributed by atoms with E-state index in [9.17, 15) is 18.0 Å². The summed E-state index contributed by atoms with van der Waals surface area (Å²) in [6, 6.07) is 28.3. The van der Waals surface area contributed by atoms with E-state index in [0.29, 0.717) is 5.75 Å². The number of halogens is 1. The summed E-state index contributed by atoms with van der Waals surface area (Å²) in [5.74, 6) is -0.157. The molecule has 0 fully saturated rings. The Morgan fingerprint density at radius 1 is 0.826 bits per heavy atom. The summed E-state index contributed by atoms with van der Waals surface area (Å²) in [4.78, 5) is 29.8. The van der Waals surface area contributed by atoms with E-state index in [4.69, 9.17) is 9.47 Å². The molecule has 4 rings (SSSR count). The SMILES string of the molecule is COc1ccc(S(=O)(=O)N(CC(=O)N(Cc2cccc(Br)c2)[C@H](Cc2ccccc2)C(=O)NC(C)C)c2ccccc2OC)cc1. The summed E-state index contributed by atoms with van der Waals surface area (Å²) in [6.45, 7) is 3.16. The van der Waals surface area contributed by atoms with E-state index < -0.39 is 28.5 Å². The largest absolute Gasteiger partial charge is 0.497 e. The Morgan fingerprint density at radius 2 is 1.48 bits per heavy atom. The lowest BCUT2D eigenvalue weighted by molar-refractivity contribution is -0.140. The Bertz CT molecular complexity index is 1730. The number of methoxy groups -OCH3 is 2. The van der Waals surface area contributed by atoms with Crippen LogP contribution in [0.1, 0.15) is 25.0 Å². The van der Waals surface area contributed by atoms with Gasteiger partial charge in [0.15, 0.2) is 0 Å². The molecule has 0 aliphatic carbocycles. The maximum Gasteiger partial charge on any atom is 0.264 e. The van der Waals surface area contributed by atoms with Crippen LogP contribution in [0.15, 0.2) is 112 Å². The zero-order chi connectivity index (χ0) is 33.3. The Labute approximate surface area is 279 Å². The van der Waals surface area contributed by atoms with Crippen molar-refractivity contribution in [2.45, 2.75) is 43.8 Å². The molecule has 4 aromatic rings. The van der Waals surface area contributed by atoms with Crippen molar-refractivity contribution in [2.24, 2.45) is 0 Å². The first kappa shape index (κ1) is 34.5. The van der Waals surface area contributed by atoms with Crippen LogP contribution < -0.4 is 19.1 Å². The summed E-state index contributed by atoms with van der Waals surface area (Å²) >= 11 is 3.50. The Balaban J connectivity index is 1.83. The van der Waals surface area contributed by atoms with Crippen LogP contribution in [0.3, 0.4) is 0 Å². The predicted octanol–water partition coefficient (Wildman–Crippen LogP) is 5.83. The normalized spacial score (nSPS) is 11.9. The van der Waals surface area contributed by atoms with Crippen LogP contribution >= 0.6 is 15.9 Å².